The Hall–Kier alpha value is -0.730. The number of amides is 2. The SMILES string of the molecule is CCN(CC)C(=O)N(CC1CC1)C1CC1. The zero-order chi connectivity index (χ0) is 10.8. The maximum atomic E-state index is 12.2. The Morgan fingerprint density at radius 2 is 1.73 bits per heavy atom. The minimum Gasteiger partial charge on any atom is -0.325 e. The zero-order valence-corrected chi connectivity index (χ0v) is 9.91. The molecular weight excluding hydrogens is 188 g/mol. The molecule has 0 atom stereocenters. The second-order valence-electron chi connectivity index (χ2n) is 4.78. The number of rotatable bonds is 5. The van der Waals surface area contributed by atoms with Crippen molar-refractivity contribution in [2.24, 2.45) is 5.92 Å². The molecule has 0 heterocycles. The first kappa shape index (κ1) is 10.8. The molecule has 0 N–H and O–H groups in total. The van der Waals surface area contributed by atoms with Gasteiger partial charge >= 0.3 is 6.03 Å². The van der Waals surface area contributed by atoms with Crippen LogP contribution < -0.4 is 0 Å². The third kappa shape index (κ3) is 2.64. The van der Waals surface area contributed by atoms with Crippen LogP contribution in [-0.2, 0) is 0 Å². The van der Waals surface area contributed by atoms with Gasteiger partial charge in [-0.1, -0.05) is 0 Å². The van der Waals surface area contributed by atoms with Gasteiger partial charge in [0.25, 0.3) is 0 Å². The first-order valence-electron chi connectivity index (χ1n) is 6.31. The molecule has 0 bridgehead atoms. The highest BCUT2D eigenvalue weighted by Crippen LogP contribution is 2.35. The van der Waals surface area contributed by atoms with Gasteiger partial charge in [0.05, 0.1) is 0 Å². The fourth-order valence-electron chi connectivity index (χ4n) is 2.02. The van der Waals surface area contributed by atoms with Crippen molar-refractivity contribution in [1.29, 1.82) is 0 Å². The Morgan fingerprint density at radius 3 is 2.13 bits per heavy atom. The van der Waals surface area contributed by atoms with Crippen LogP contribution in [0.25, 0.3) is 0 Å². The normalized spacial score (nSPS) is 20.1. The van der Waals surface area contributed by atoms with E-state index in [1.54, 1.807) is 0 Å². The zero-order valence-electron chi connectivity index (χ0n) is 9.91. The second-order valence-corrected chi connectivity index (χ2v) is 4.78. The molecule has 0 aromatic carbocycles. The number of carbonyl (C=O) groups excluding carboxylic acids is 1. The van der Waals surface area contributed by atoms with Gasteiger partial charge in [0.1, 0.15) is 0 Å². The molecule has 0 saturated heterocycles. The van der Waals surface area contributed by atoms with Crippen molar-refractivity contribution < 1.29 is 4.79 Å². The van der Waals surface area contributed by atoms with Gasteiger partial charge < -0.3 is 9.80 Å². The second kappa shape index (κ2) is 4.42. The van der Waals surface area contributed by atoms with E-state index in [0.717, 1.165) is 25.6 Å². The average molecular weight is 210 g/mol. The van der Waals surface area contributed by atoms with Crippen LogP contribution >= 0.6 is 0 Å². The number of urea groups is 1. The van der Waals surface area contributed by atoms with E-state index in [2.05, 4.69) is 18.7 Å². The first-order valence-corrected chi connectivity index (χ1v) is 6.31. The van der Waals surface area contributed by atoms with E-state index in [0.29, 0.717) is 6.04 Å². The maximum absolute atomic E-state index is 12.2. The Kier molecular flexibility index (Phi) is 3.17. The summed E-state index contributed by atoms with van der Waals surface area (Å²) in [5.41, 5.74) is 0. The van der Waals surface area contributed by atoms with Crippen LogP contribution in [0.3, 0.4) is 0 Å². The predicted octanol–water partition coefficient (Wildman–Crippen LogP) is 2.32. The van der Waals surface area contributed by atoms with E-state index >= 15 is 0 Å². The van der Waals surface area contributed by atoms with Crippen molar-refractivity contribution in [2.75, 3.05) is 19.6 Å². The molecule has 0 aliphatic heterocycles. The summed E-state index contributed by atoms with van der Waals surface area (Å²) >= 11 is 0. The van der Waals surface area contributed by atoms with Gasteiger partial charge in [0.2, 0.25) is 0 Å². The summed E-state index contributed by atoms with van der Waals surface area (Å²) in [5.74, 6) is 0.810. The van der Waals surface area contributed by atoms with E-state index in [4.69, 9.17) is 0 Å². The molecule has 2 fully saturated rings. The third-order valence-electron chi connectivity index (χ3n) is 3.42. The Bertz CT molecular complexity index is 230. The molecule has 3 nitrogen and oxygen atoms in total. The lowest BCUT2D eigenvalue weighted by atomic mass is 10.3. The summed E-state index contributed by atoms with van der Waals surface area (Å²) in [7, 11) is 0. The number of hydrogen-bond acceptors (Lipinski definition) is 1. The van der Waals surface area contributed by atoms with Crippen molar-refractivity contribution in [3.05, 3.63) is 0 Å². The molecule has 0 aromatic heterocycles. The molecule has 3 heteroatoms. The van der Waals surface area contributed by atoms with E-state index in [9.17, 15) is 4.79 Å². The number of nitrogens with zero attached hydrogens (tertiary/aromatic N) is 2. The monoisotopic (exact) mass is 210 g/mol. The van der Waals surface area contributed by atoms with Crippen molar-refractivity contribution >= 4 is 6.03 Å². The highest BCUT2D eigenvalue weighted by Gasteiger charge is 2.37. The topological polar surface area (TPSA) is 23.6 Å². The highest BCUT2D eigenvalue weighted by atomic mass is 16.2. The molecular formula is C12H22N2O. The molecule has 0 aromatic rings. The standard InChI is InChI=1S/C12H22N2O/c1-3-13(4-2)12(15)14(11-7-8-11)9-10-5-6-10/h10-11H,3-9H2,1-2H3. The Balaban J connectivity index is 1.92. The van der Waals surface area contributed by atoms with Gasteiger partial charge in [-0.15, -0.1) is 0 Å². The Morgan fingerprint density at radius 1 is 1.13 bits per heavy atom. The molecule has 2 rings (SSSR count). The van der Waals surface area contributed by atoms with Crippen LogP contribution in [0, 0.1) is 5.92 Å². The molecule has 2 amide bonds. The van der Waals surface area contributed by atoms with Crippen LogP contribution in [-0.4, -0.2) is 41.5 Å². The largest absolute Gasteiger partial charge is 0.325 e. The van der Waals surface area contributed by atoms with Crippen molar-refractivity contribution in [2.45, 2.75) is 45.6 Å². The van der Waals surface area contributed by atoms with Gasteiger partial charge in [0.15, 0.2) is 0 Å². The average Bonchev–Trinajstić information content (AvgIpc) is 3.08. The van der Waals surface area contributed by atoms with E-state index in [-0.39, 0.29) is 6.03 Å². The van der Waals surface area contributed by atoms with E-state index in [1.807, 2.05) is 4.90 Å². The maximum Gasteiger partial charge on any atom is 0.320 e. The lowest BCUT2D eigenvalue weighted by Crippen LogP contribution is -2.45. The fraction of sp³-hybridized carbons (Fsp3) is 0.917. The van der Waals surface area contributed by atoms with Gasteiger partial charge in [0, 0.05) is 25.7 Å². The summed E-state index contributed by atoms with van der Waals surface area (Å²) in [4.78, 5) is 16.3. The van der Waals surface area contributed by atoms with Gasteiger partial charge in [-0.3, -0.25) is 0 Å². The van der Waals surface area contributed by atoms with E-state index < -0.39 is 0 Å². The van der Waals surface area contributed by atoms with Crippen molar-refractivity contribution in [3.63, 3.8) is 0 Å². The van der Waals surface area contributed by atoms with Crippen molar-refractivity contribution in [3.8, 4) is 0 Å². The minimum absolute atomic E-state index is 0.273. The van der Waals surface area contributed by atoms with Crippen LogP contribution in [0.15, 0.2) is 0 Å². The van der Waals surface area contributed by atoms with Crippen molar-refractivity contribution in [1.82, 2.24) is 9.80 Å². The van der Waals surface area contributed by atoms with Crippen LogP contribution in [0.4, 0.5) is 4.79 Å². The molecule has 15 heavy (non-hydrogen) atoms. The van der Waals surface area contributed by atoms with Crippen LogP contribution in [0.5, 0.6) is 0 Å². The quantitative estimate of drug-likeness (QED) is 0.683. The molecule has 2 saturated carbocycles. The predicted molar refractivity (Wildman–Crippen MR) is 60.8 cm³/mol. The Labute approximate surface area is 92.4 Å². The van der Waals surface area contributed by atoms with Crippen LogP contribution in [0.1, 0.15) is 39.5 Å². The summed E-state index contributed by atoms with van der Waals surface area (Å²) < 4.78 is 0. The molecule has 0 spiro atoms. The highest BCUT2D eigenvalue weighted by molar-refractivity contribution is 5.75. The van der Waals surface area contributed by atoms with Crippen LogP contribution in [0.2, 0.25) is 0 Å². The number of hydrogen-bond donors (Lipinski definition) is 0. The molecule has 2 aliphatic rings. The summed E-state index contributed by atoms with van der Waals surface area (Å²) in [6.07, 6.45) is 5.10. The summed E-state index contributed by atoms with van der Waals surface area (Å²) in [6, 6.07) is 0.841. The summed E-state index contributed by atoms with van der Waals surface area (Å²) in [5, 5.41) is 0. The van der Waals surface area contributed by atoms with Gasteiger partial charge in [-0.05, 0) is 45.4 Å². The lowest BCUT2D eigenvalue weighted by Gasteiger charge is -2.29. The fourth-order valence-corrected chi connectivity index (χ4v) is 2.02. The molecule has 0 unspecified atom stereocenters. The van der Waals surface area contributed by atoms with E-state index in [1.165, 1.54) is 25.7 Å². The smallest absolute Gasteiger partial charge is 0.320 e. The third-order valence-corrected chi connectivity index (χ3v) is 3.42. The number of carbonyl (C=O) groups is 1. The first-order chi connectivity index (χ1) is 7.26. The van der Waals surface area contributed by atoms with Gasteiger partial charge in [-0.2, -0.15) is 0 Å². The lowest BCUT2D eigenvalue weighted by molar-refractivity contribution is 0.152. The molecule has 2 aliphatic carbocycles. The summed E-state index contributed by atoms with van der Waals surface area (Å²) in [6.45, 7) is 6.81. The van der Waals surface area contributed by atoms with Gasteiger partial charge in [-0.25, -0.2) is 4.79 Å². The minimum atomic E-state index is 0.273. The molecule has 0 radical (unpaired) electrons. The molecule has 86 valence electrons.